The van der Waals surface area contributed by atoms with Crippen LogP contribution in [0.3, 0.4) is 0 Å². The number of rotatable bonds is 10. The Morgan fingerprint density at radius 1 is 0.926 bits per heavy atom. The van der Waals surface area contributed by atoms with Gasteiger partial charge in [0.15, 0.2) is 11.5 Å². The Kier molecular flexibility index (Phi) is 7.96. The molecular weight excluding hydrogens is 350 g/mol. The van der Waals surface area contributed by atoms with Gasteiger partial charge in [-0.3, -0.25) is 9.59 Å². The molecule has 0 fully saturated rings. The van der Waals surface area contributed by atoms with Crippen LogP contribution in [-0.4, -0.2) is 45.9 Å². The highest BCUT2D eigenvalue weighted by Gasteiger charge is 2.12. The zero-order valence-corrected chi connectivity index (χ0v) is 15.4. The Balaban J connectivity index is 1.67. The van der Waals surface area contributed by atoms with Crippen molar-refractivity contribution in [2.45, 2.75) is 6.42 Å². The summed E-state index contributed by atoms with van der Waals surface area (Å²) < 4.78 is 20.8. The van der Waals surface area contributed by atoms with Crippen molar-refractivity contribution in [3.05, 3.63) is 54.1 Å². The van der Waals surface area contributed by atoms with E-state index in [1.54, 1.807) is 18.2 Å². The number of benzene rings is 2. The Hall–Kier alpha value is -3.22. The molecule has 0 unspecified atom stereocenters. The SMILES string of the molecule is COc1ccc(C(=O)NCC(=O)OCCCOc2ccccc2)cc1OC. The third-order valence-corrected chi connectivity index (χ3v) is 3.60. The first kappa shape index (κ1) is 20.1. The van der Waals surface area contributed by atoms with Gasteiger partial charge in [0.25, 0.3) is 5.91 Å². The maximum atomic E-state index is 12.1. The molecule has 0 heterocycles. The minimum Gasteiger partial charge on any atom is -0.493 e. The van der Waals surface area contributed by atoms with Gasteiger partial charge in [-0.05, 0) is 30.3 Å². The van der Waals surface area contributed by atoms with Crippen molar-refractivity contribution in [1.29, 1.82) is 0 Å². The number of ether oxygens (including phenoxy) is 4. The summed E-state index contributed by atoms with van der Waals surface area (Å²) >= 11 is 0. The van der Waals surface area contributed by atoms with Crippen LogP contribution < -0.4 is 19.5 Å². The first-order valence-corrected chi connectivity index (χ1v) is 8.47. The number of nitrogens with one attached hydrogen (secondary N) is 1. The number of para-hydroxylation sites is 1. The Labute approximate surface area is 158 Å². The maximum absolute atomic E-state index is 12.1. The van der Waals surface area contributed by atoms with Gasteiger partial charge in [-0.25, -0.2) is 0 Å². The molecule has 0 bridgehead atoms. The number of amides is 1. The Morgan fingerprint density at radius 3 is 2.37 bits per heavy atom. The summed E-state index contributed by atoms with van der Waals surface area (Å²) in [5, 5.41) is 2.51. The lowest BCUT2D eigenvalue weighted by molar-refractivity contribution is -0.142. The number of carbonyl (C=O) groups is 2. The summed E-state index contributed by atoms with van der Waals surface area (Å²) in [6, 6.07) is 14.1. The first-order chi connectivity index (χ1) is 13.1. The number of hydrogen-bond acceptors (Lipinski definition) is 6. The zero-order valence-electron chi connectivity index (χ0n) is 15.4. The van der Waals surface area contributed by atoms with Crippen LogP contribution in [0.15, 0.2) is 48.5 Å². The van der Waals surface area contributed by atoms with Gasteiger partial charge in [0.1, 0.15) is 12.3 Å². The van der Waals surface area contributed by atoms with Crippen molar-refractivity contribution >= 4 is 11.9 Å². The van der Waals surface area contributed by atoms with Crippen LogP contribution in [0.2, 0.25) is 0 Å². The Morgan fingerprint density at radius 2 is 1.67 bits per heavy atom. The maximum Gasteiger partial charge on any atom is 0.325 e. The monoisotopic (exact) mass is 373 g/mol. The molecular formula is C20H23NO6. The van der Waals surface area contributed by atoms with Gasteiger partial charge in [-0.2, -0.15) is 0 Å². The molecule has 0 radical (unpaired) electrons. The summed E-state index contributed by atoms with van der Waals surface area (Å²) in [7, 11) is 3.00. The molecule has 0 saturated carbocycles. The molecule has 2 aromatic carbocycles. The van der Waals surface area contributed by atoms with Gasteiger partial charge in [-0.15, -0.1) is 0 Å². The zero-order chi connectivity index (χ0) is 19.5. The lowest BCUT2D eigenvalue weighted by Crippen LogP contribution is -2.30. The van der Waals surface area contributed by atoms with E-state index >= 15 is 0 Å². The standard InChI is InChI=1S/C20H23NO6/c1-24-17-10-9-15(13-18(17)25-2)20(23)21-14-19(22)27-12-6-11-26-16-7-4-3-5-8-16/h3-5,7-10,13H,6,11-12,14H2,1-2H3,(H,21,23). The molecule has 1 amide bonds. The highest BCUT2D eigenvalue weighted by atomic mass is 16.5. The van der Waals surface area contributed by atoms with E-state index in [2.05, 4.69) is 5.32 Å². The van der Waals surface area contributed by atoms with Crippen LogP contribution in [-0.2, 0) is 9.53 Å². The predicted molar refractivity (Wildman–Crippen MR) is 99.4 cm³/mol. The quantitative estimate of drug-likeness (QED) is 0.509. The molecule has 7 nitrogen and oxygen atoms in total. The summed E-state index contributed by atoms with van der Waals surface area (Å²) in [5.41, 5.74) is 0.358. The summed E-state index contributed by atoms with van der Waals surface area (Å²) in [4.78, 5) is 23.8. The number of esters is 1. The minimum absolute atomic E-state index is 0.216. The number of methoxy groups -OCH3 is 2. The lowest BCUT2D eigenvalue weighted by Gasteiger charge is -2.10. The molecule has 1 N–H and O–H groups in total. The van der Waals surface area contributed by atoms with Gasteiger partial charge >= 0.3 is 5.97 Å². The second-order valence-electron chi connectivity index (χ2n) is 5.49. The molecule has 2 rings (SSSR count). The fourth-order valence-electron chi connectivity index (χ4n) is 2.23. The Bertz CT molecular complexity index is 747. The van der Waals surface area contributed by atoms with Crippen molar-refractivity contribution < 1.29 is 28.5 Å². The molecule has 27 heavy (non-hydrogen) atoms. The molecule has 0 saturated heterocycles. The average Bonchev–Trinajstić information content (AvgIpc) is 2.71. The van der Waals surface area contributed by atoms with Gasteiger partial charge in [-0.1, -0.05) is 18.2 Å². The van der Waals surface area contributed by atoms with Crippen LogP contribution in [0.1, 0.15) is 16.8 Å². The number of hydrogen-bond donors (Lipinski definition) is 1. The lowest BCUT2D eigenvalue weighted by atomic mass is 10.2. The predicted octanol–water partition coefficient (Wildman–Crippen LogP) is 2.45. The largest absolute Gasteiger partial charge is 0.493 e. The number of carbonyl (C=O) groups excluding carboxylic acids is 2. The van der Waals surface area contributed by atoms with E-state index in [4.69, 9.17) is 18.9 Å². The fourth-order valence-corrected chi connectivity index (χ4v) is 2.23. The molecule has 144 valence electrons. The normalized spacial score (nSPS) is 10.0. The molecule has 0 atom stereocenters. The van der Waals surface area contributed by atoms with Gasteiger partial charge < -0.3 is 24.3 Å². The van der Waals surface area contributed by atoms with E-state index in [0.717, 1.165) is 5.75 Å². The van der Waals surface area contributed by atoms with E-state index in [-0.39, 0.29) is 13.2 Å². The van der Waals surface area contributed by atoms with Crippen molar-refractivity contribution in [2.75, 3.05) is 34.0 Å². The molecule has 7 heteroatoms. The summed E-state index contributed by atoms with van der Waals surface area (Å²) in [5.74, 6) is 0.812. The first-order valence-electron chi connectivity index (χ1n) is 8.47. The second kappa shape index (κ2) is 10.7. The van der Waals surface area contributed by atoms with E-state index < -0.39 is 11.9 Å². The van der Waals surface area contributed by atoms with Crippen LogP contribution in [0, 0.1) is 0 Å². The molecule has 0 aromatic heterocycles. The molecule has 0 aliphatic carbocycles. The van der Waals surface area contributed by atoms with Crippen LogP contribution in [0.4, 0.5) is 0 Å². The topological polar surface area (TPSA) is 83.1 Å². The van der Waals surface area contributed by atoms with Crippen molar-refractivity contribution in [2.24, 2.45) is 0 Å². The highest BCUT2D eigenvalue weighted by Crippen LogP contribution is 2.27. The van der Waals surface area contributed by atoms with Crippen LogP contribution in [0.25, 0.3) is 0 Å². The highest BCUT2D eigenvalue weighted by molar-refractivity contribution is 5.96. The van der Waals surface area contributed by atoms with Gasteiger partial charge in [0.05, 0.1) is 27.4 Å². The van der Waals surface area contributed by atoms with E-state index in [0.29, 0.717) is 30.1 Å². The van der Waals surface area contributed by atoms with Gasteiger partial charge in [0, 0.05) is 12.0 Å². The van der Waals surface area contributed by atoms with Crippen molar-refractivity contribution in [3.63, 3.8) is 0 Å². The third kappa shape index (κ3) is 6.54. The second-order valence-corrected chi connectivity index (χ2v) is 5.49. The van der Waals surface area contributed by atoms with E-state index in [9.17, 15) is 9.59 Å². The van der Waals surface area contributed by atoms with E-state index in [1.807, 2.05) is 30.3 Å². The molecule has 0 spiro atoms. The molecule has 0 aliphatic rings. The van der Waals surface area contributed by atoms with Crippen LogP contribution in [0.5, 0.6) is 17.2 Å². The smallest absolute Gasteiger partial charge is 0.325 e. The van der Waals surface area contributed by atoms with Gasteiger partial charge in [0.2, 0.25) is 0 Å². The van der Waals surface area contributed by atoms with E-state index in [1.165, 1.54) is 14.2 Å². The van der Waals surface area contributed by atoms with Crippen molar-refractivity contribution in [1.82, 2.24) is 5.32 Å². The summed E-state index contributed by atoms with van der Waals surface area (Å²) in [6.45, 7) is 0.444. The minimum atomic E-state index is -0.511. The summed E-state index contributed by atoms with van der Waals surface area (Å²) in [6.07, 6.45) is 0.560. The average molecular weight is 373 g/mol. The fraction of sp³-hybridized carbons (Fsp3) is 0.300. The van der Waals surface area contributed by atoms with Crippen LogP contribution >= 0.6 is 0 Å². The molecule has 0 aliphatic heterocycles. The molecule has 2 aromatic rings. The van der Waals surface area contributed by atoms with Crippen molar-refractivity contribution in [3.8, 4) is 17.2 Å². The third-order valence-electron chi connectivity index (χ3n) is 3.60.